The molecule has 8 nitrogen and oxygen atoms in total. The Labute approximate surface area is 199 Å². The maximum Gasteiger partial charge on any atom is 0.251 e. The summed E-state index contributed by atoms with van der Waals surface area (Å²) in [4.78, 5) is 19.9. The Balaban J connectivity index is 1.41. The highest BCUT2D eigenvalue weighted by Crippen LogP contribution is 2.37. The van der Waals surface area contributed by atoms with Crippen molar-refractivity contribution in [3.05, 3.63) is 54.4 Å². The van der Waals surface area contributed by atoms with Gasteiger partial charge in [-0.05, 0) is 77.9 Å². The van der Waals surface area contributed by atoms with Crippen molar-refractivity contribution in [1.29, 1.82) is 0 Å². The molecule has 34 heavy (non-hydrogen) atoms. The first-order valence-corrected chi connectivity index (χ1v) is 11.6. The van der Waals surface area contributed by atoms with Crippen molar-refractivity contribution < 1.29 is 4.79 Å². The van der Waals surface area contributed by atoms with Crippen LogP contribution in [0.2, 0.25) is 0 Å². The molecule has 0 bridgehead atoms. The molecule has 0 spiro atoms. The molecular weight excluding hydrogens is 426 g/mol. The van der Waals surface area contributed by atoms with Crippen molar-refractivity contribution in [3.8, 4) is 22.6 Å². The number of H-pyrrole nitrogens is 2. The first kappa shape index (κ1) is 22.3. The van der Waals surface area contributed by atoms with Gasteiger partial charge in [-0.15, -0.1) is 0 Å². The number of likely N-dealkylation sites (tertiary alicyclic amines) is 1. The number of aromatic amines is 2. The topological polar surface area (TPSA) is 103 Å². The van der Waals surface area contributed by atoms with Gasteiger partial charge in [0.2, 0.25) is 0 Å². The monoisotopic (exact) mass is 457 g/mol. The first-order chi connectivity index (χ1) is 16.1. The molecule has 0 radical (unpaired) electrons. The predicted molar refractivity (Wildman–Crippen MR) is 133 cm³/mol. The van der Waals surface area contributed by atoms with Gasteiger partial charge in [-0.3, -0.25) is 19.9 Å². The van der Waals surface area contributed by atoms with Crippen LogP contribution < -0.4 is 5.32 Å². The molecule has 1 saturated heterocycles. The summed E-state index contributed by atoms with van der Waals surface area (Å²) in [5.74, 6) is 0.579. The summed E-state index contributed by atoms with van der Waals surface area (Å²) in [5.41, 5.74) is 4.15. The van der Waals surface area contributed by atoms with Gasteiger partial charge in [0.15, 0.2) is 5.82 Å². The third-order valence-electron chi connectivity index (χ3n) is 7.28. The Kier molecular flexibility index (Phi) is 5.28. The van der Waals surface area contributed by atoms with Crippen molar-refractivity contribution in [2.45, 2.75) is 57.7 Å². The van der Waals surface area contributed by atoms with E-state index in [2.05, 4.69) is 70.3 Å². The minimum absolute atomic E-state index is 0.0103. The molecule has 1 aliphatic rings. The van der Waals surface area contributed by atoms with Gasteiger partial charge in [0, 0.05) is 39.2 Å². The van der Waals surface area contributed by atoms with E-state index in [0.717, 1.165) is 40.6 Å². The number of nitrogens with one attached hydrogen (secondary N) is 3. The van der Waals surface area contributed by atoms with Gasteiger partial charge in [-0.1, -0.05) is 12.1 Å². The van der Waals surface area contributed by atoms with Crippen molar-refractivity contribution in [3.63, 3.8) is 0 Å². The number of amides is 1. The first-order valence-electron chi connectivity index (χ1n) is 11.6. The highest BCUT2D eigenvalue weighted by Gasteiger charge is 2.43. The van der Waals surface area contributed by atoms with Gasteiger partial charge in [-0.2, -0.15) is 10.2 Å². The summed E-state index contributed by atoms with van der Waals surface area (Å²) in [6.45, 7) is 8.96. The molecule has 0 saturated carbocycles. The van der Waals surface area contributed by atoms with Gasteiger partial charge in [0.25, 0.3) is 5.91 Å². The molecule has 2 aromatic carbocycles. The average molecular weight is 458 g/mol. The average Bonchev–Trinajstić information content (AvgIpc) is 3.47. The Hall–Kier alpha value is -3.52. The van der Waals surface area contributed by atoms with E-state index in [-0.39, 0.29) is 23.0 Å². The predicted octanol–water partition coefficient (Wildman–Crippen LogP) is 4.40. The van der Waals surface area contributed by atoms with E-state index in [1.165, 1.54) is 0 Å². The fraction of sp³-hybridized carbons (Fsp3) is 0.385. The quantitative estimate of drug-likeness (QED) is 0.422. The molecule has 0 unspecified atom stereocenters. The number of fused-ring (bicyclic) bond motifs is 1. The summed E-state index contributed by atoms with van der Waals surface area (Å²) < 4.78 is 0. The van der Waals surface area contributed by atoms with Crippen LogP contribution in [0.4, 0.5) is 0 Å². The lowest BCUT2D eigenvalue weighted by Crippen LogP contribution is -2.62. The third kappa shape index (κ3) is 3.98. The van der Waals surface area contributed by atoms with E-state index in [9.17, 15) is 4.79 Å². The van der Waals surface area contributed by atoms with E-state index >= 15 is 0 Å². The van der Waals surface area contributed by atoms with E-state index < -0.39 is 0 Å². The molecule has 2 aromatic heterocycles. The number of hydrogen-bond donors (Lipinski definition) is 3. The van der Waals surface area contributed by atoms with Crippen molar-refractivity contribution >= 4 is 16.8 Å². The lowest BCUT2D eigenvalue weighted by Gasteiger charge is -2.53. The Bertz CT molecular complexity index is 1320. The standard InChI is InChI=1S/C26H31N7O/c1-25(2)13-19(14-26(3,4)33(25)5)29-24(34)18-8-6-7-16(11-18)22-20-12-17(23-27-15-28-32-23)9-10-21(20)30-31-22/h6-12,15,19H,13-14H2,1-5H3,(H,29,34)(H,30,31)(H,27,28,32). The number of rotatable bonds is 4. The van der Waals surface area contributed by atoms with E-state index in [4.69, 9.17) is 0 Å². The third-order valence-corrected chi connectivity index (χ3v) is 7.28. The normalized spacial score (nSPS) is 18.3. The molecule has 8 heteroatoms. The Morgan fingerprint density at radius 1 is 1.03 bits per heavy atom. The number of hydrogen-bond acceptors (Lipinski definition) is 5. The smallest absolute Gasteiger partial charge is 0.251 e. The Morgan fingerprint density at radius 2 is 1.79 bits per heavy atom. The summed E-state index contributed by atoms with van der Waals surface area (Å²) in [6.07, 6.45) is 3.38. The maximum absolute atomic E-state index is 13.2. The van der Waals surface area contributed by atoms with Gasteiger partial charge < -0.3 is 5.32 Å². The molecule has 0 aliphatic carbocycles. The van der Waals surface area contributed by atoms with Crippen LogP contribution in [-0.4, -0.2) is 60.4 Å². The zero-order valence-electron chi connectivity index (χ0n) is 20.3. The molecule has 5 rings (SSSR count). The lowest BCUT2D eigenvalue weighted by molar-refractivity contribution is -0.0169. The molecule has 3 heterocycles. The van der Waals surface area contributed by atoms with Crippen LogP contribution in [0.1, 0.15) is 50.9 Å². The van der Waals surface area contributed by atoms with Crippen LogP contribution in [0.5, 0.6) is 0 Å². The minimum Gasteiger partial charge on any atom is -0.349 e. The summed E-state index contributed by atoms with van der Waals surface area (Å²) in [5, 5.41) is 18.8. The van der Waals surface area contributed by atoms with E-state index in [1.54, 1.807) is 6.33 Å². The molecular formula is C26H31N7O. The molecule has 1 aliphatic heterocycles. The minimum atomic E-state index is -0.0516. The molecule has 0 atom stereocenters. The number of piperidine rings is 1. The highest BCUT2D eigenvalue weighted by molar-refractivity contribution is 5.99. The zero-order valence-corrected chi connectivity index (χ0v) is 20.3. The summed E-state index contributed by atoms with van der Waals surface area (Å²) in [6, 6.07) is 13.7. The van der Waals surface area contributed by atoms with Crippen LogP contribution in [0.15, 0.2) is 48.8 Å². The van der Waals surface area contributed by atoms with Crippen molar-refractivity contribution in [2.24, 2.45) is 0 Å². The van der Waals surface area contributed by atoms with E-state index in [1.807, 2.05) is 42.5 Å². The molecule has 1 amide bonds. The fourth-order valence-electron chi connectivity index (χ4n) is 5.27. The Morgan fingerprint density at radius 3 is 2.50 bits per heavy atom. The van der Waals surface area contributed by atoms with Gasteiger partial charge >= 0.3 is 0 Å². The summed E-state index contributed by atoms with van der Waals surface area (Å²) >= 11 is 0. The van der Waals surface area contributed by atoms with Gasteiger partial charge in [0.1, 0.15) is 6.33 Å². The fourth-order valence-corrected chi connectivity index (χ4v) is 5.27. The van der Waals surface area contributed by atoms with Crippen LogP contribution in [0.25, 0.3) is 33.5 Å². The molecule has 4 aromatic rings. The number of benzene rings is 2. The highest BCUT2D eigenvalue weighted by atomic mass is 16.1. The molecule has 1 fully saturated rings. The second-order valence-corrected chi connectivity index (χ2v) is 10.5. The maximum atomic E-state index is 13.2. The summed E-state index contributed by atoms with van der Waals surface area (Å²) in [7, 11) is 2.17. The number of nitrogens with zero attached hydrogens (tertiary/aromatic N) is 4. The zero-order chi connectivity index (χ0) is 24.1. The second kappa shape index (κ2) is 8.06. The van der Waals surface area contributed by atoms with Crippen molar-refractivity contribution in [2.75, 3.05) is 7.05 Å². The number of aromatic nitrogens is 5. The SMILES string of the molecule is CN1C(C)(C)CC(NC(=O)c2cccc(-c3n[nH]c4ccc(-c5nc[nH]n5)cc34)c2)CC1(C)C. The van der Waals surface area contributed by atoms with Crippen LogP contribution in [0.3, 0.4) is 0 Å². The van der Waals surface area contributed by atoms with Gasteiger partial charge in [0.05, 0.1) is 11.2 Å². The van der Waals surface area contributed by atoms with E-state index in [0.29, 0.717) is 11.4 Å². The van der Waals surface area contributed by atoms with Crippen LogP contribution >= 0.6 is 0 Å². The number of carbonyl (C=O) groups is 1. The van der Waals surface area contributed by atoms with Crippen molar-refractivity contribution in [1.82, 2.24) is 35.6 Å². The molecule has 176 valence electrons. The number of carbonyl (C=O) groups excluding carboxylic acids is 1. The lowest BCUT2D eigenvalue weighted by atomic mass is 9.77. The molecule has 3 N–H and O–H groups in total. The van der Waals surface area contributed by atoms with Crippen LogP contribution in [-0.2, 0) is 0 Å². The largest absolute Gasteiger partial charge is 0.349 e. The second-order valence-electron chi connectivity index (χ2n) is 10.5. The van der Waals surface area contributed by atoms with Gasteiger partial charge in [-0.25, -0.2) is 4.98 Å². The van der Waals surface area contributed by atoms with Crippen LogP contribution in [0, 0.1) is 0 Å².